The maximum absolute atomic E-state index is 13.6. The highest BCUT2D eigenvalue weighted by molar-refractivity contribution is 6.26. The van der Waals surface area contributed by atoms with E-state index in [1.54, 1.807) is 12.1 Å². The van der Waals surface area contributed by atoms with Crippen molar-refractivity contribution in [3.63, 3.8) is 0 Å². The van der Waals surface area contributed by atoms with E-state index < -0.39 is 5.92 Å². The monoisotopic (exact) mass is 476 g/mol. The lowest BCUT2D eigenvalue weighted by molar-refractivity contribution is 0.0771. The van der Waals surface area contributed by atoms with Crippen LogP contribution in [0.15, 0.2) is 77.6 Å². The summed E-state index contributed by atoms with van der Waals surface area (Å²) in [5.41, 5.74) is 6.14. The first kappa shape index (κ1) is 22.6. The number of carbonyl (C=O) groups is 2. The zero-order valence-electron chi connectivity index (χ0n) is 20.5. The maximum atomic E-state index is 13.6. The molecule has 4 aromatic rings. The van der Waals surface area contributed by atoms with Crippen molar-refractivity contribution >= 4 is 22.5 Å². The van der Waals surface area contributed by atoms with E-state index in [1.165, 1.54) is 5.56 Å². The van der Waals surface area contributed by atoms with Crippen LogP contribution in [0.4, 0.5) is 0 Å². The van der Waals surface area contributed by atoms with Gasteiger partial charge in [-0.15, -0.1) is 0 Å². The summed E-state index contributed by atoms with van der Waals surface area (Å²) in [6.45, 7) is 3.24. The Morgan fingerprint density at radius 2 is 1.47 bits per heavy atom. The Morgan fingerprint density at radius 1 is 0.833 bits per heavy atom. The minimum absolute atomic E-state index is 0.0548. The van der Waals surface area contributed by atoms with Gasteiger partial charge in [0, 0.05) is 53.9 Å². The number of ketones is 2. The first-order valence-corrected chi connectivity index (χ1v) is 12.5. The number of benzene rings is 3. The van der Waals surface area contributed by atoms with Crippen LogP contribution in [0.2, 0.25) is 0 Å². The van der Waals surface area contributed by atoms with E-state index in [0.29, 0.717) is 29.5 Å². The van der Waals surface area contributed by atoms with Crippen LogP contribution in [0.5, 0.6) is 0 Å². The third-order valence-electron chi connectivity index (χ3n) is 8.16. The molecular weight excluding hydrogens is 448 g/mol. The van der Waals surface area contributed by atoms with E-state index in [-0.39, 0.29) is 23.0 Å². The number of fused-ring (bicyclic) bond motifs is 3. The Labute approximate surface area is 210 Å². The first-order chi connectivity index (χ1) is 17.5. The number of aromatic nitrogens is 1. The molecule has 2 aliphatic rings. The third kappa shape index (κ3) is 3.46. The minimum atomic E-state index is -0.693. The topological polar surface area (TPSA) is 59.4 Å². The second-order valence-electron chi connectivity index (χ2n) is 9.97. The van der Waals surface area contributed by atoms with E-state index >= 15 is 0 Å². The van der Waals surface area contributed by atoms with Crippen LogP contribution in [0.25, 0.3) is 10.9 Å². The van der Waals surface area contributed by atoms with Gasteiger partial charge in [-0.3, -0.25) is 19.3 Å². The second kappa shape index (κ2) is 8.68. The van der Waals surface area contributed by atoms with Gasteiger partial charge in [0.2, 0.25) is 0 Å². The highest BCUT2D eigenvalue weighted by Crippen LogP contribution is 2.39. The van der Waals surface area contributed by atoms with Gasteiger partial charge in [0.15, 0.2) is 17.0 Å². The van der Waals surface area contributed by atoms with Crippen molar-refractivity contribution in [3.8, 4) is 0 Å². The highest BCUT2D eigenvalue weighted by atomic mass is 16.2. The molecule has 0 spiro atoms. The zero-order chi connectivity index (χ0) is 25.0. The fourth-order valence-corrected chi connectivity index (χ4v) is 6.07. The molecule has 180 valence electrons. The Bertz CT molecular complexity index is 1560. The second-order valence-corrected chi connectivity index (χ2v) is 9.97. The van der Waals surface area contributed by atoms with Crippen molar-refractivity contribution in [1.29, 1.82) is 0 Å². The number of rotatable bonds is 4. The van der Waals surface area contributed by atoms with E-state index in [0.717, 1.165) is 35.3 Å². The molecular formula is C31H28N2O3. The van der Waals surface area contributed by atoms with Gasteiger partial charge < -0.3 is 4.57 Å². The summed E-state index contributed by atoms with van der Waals surface area (Å²) in [4.78, 5) is 42.4. The van der Waals surface area contributed by atoms with E-state index in [4.69, 9.17) is 0 Å². The summed E-state index contributed by atoms with van der Waals surface area (Å²) in [5.74, 6) is -0.866. The van der Waals surface area contributed by atoms with Crippen molar-refractivity contribution in [3.05, 3.63) is 117 Å². The van der Waals surface area contributed by atoms with E-state index in [2.05, 4.69) is 21.6 Å². The summed E-state index contributed by atoms with van der Waals surface area (Å²) in [7, 11) is 2.00. The van der Waals surface area contributed by atoms with Gasteiger partial charge >= 0.3 is 0 Å². The van der Waals surface area contributed by atoms with Crippen LogP contribution in [-0.2, 0) is 20.0 Å². The smallest absolute Gasteiger partial charge is 0.194 e. The molecule has 1 aliphatic heterocycles. The van der Waals surface area contributed by atoms with Crippen LogP contribution in [-0.4, -0.2) is 27.6 Å². The van der Waals surface area contributed by atoms with Gasteiger partial charge in [0.1, 0.15) is 0 Å². The quantitative estimate of drug-likeness (QED) is 0.388. The average Bonchev–Trinajstić information content (AvgIpc) is 3.15. The van der Waals surface area contributed by atoms with Gasteiger partial charge in [-0.05, 0) is 43.0 Å². The fourth-order valence-electron chi connectivity index (χ4n) is 6.07. The molecule has 36 heavy (non-hydrogen) atoms. The summed E-state index contributed by atoms with van der Waals surface area (Å²) in [6, 6.07) is 23.0. The third-order valence-corrected chi connectivity index (χ3v) is 8.16. The molecule has 0 saturated heterocycles. The summed E-state index contributed by atoms with van der Waals surface area (Å²) in [6.07, 6.45) is 1.28. The molecule has 0 fully saturated rings. The summed E-state index contributed by atoms with van der Waals surface area (Å²) < 4.78 is 2.08. The van der Waals surface area contributed by atoms with Crippen molar-refractivity contribution in [2.24, 2.45) is 13.0 Å². The van der Waals surface area contributed by atoms with Crippen molar-refractivity contribution in [2.45, 2.75) is 32.4 Å². The van der Waals surface area contributed by atoms with E-state index in [9.17, 15) is 14.4 Å². The van der Waals surface area contributed by atoms with Crippen molar-refractivity contribution in [1.82, 2.24) is 9.47 Å². The molecule has 0 saturated carbocycles. The van der Waals surface area contributed by atoms with E-state index in [1.807, 2.05) is 62.5 Å². The number of carbonyl (C=O) groups excluding carboxylic acids is 2. The molecule has 0 bridgehead atoms. The van der Waals surface area contributed by atoms with Gasteiger partial charge in [-0.2, -0.15) is 0 Å². The summed E-state index contributed by atoms with van der Waals surface area (Å²) >= 11 is 0. The maximum Gasteiger partial charge on any atom is 0.194 e. The van der Waals surface area contributed by atoms with Crippen LogP contribution in [0.1, 0.15) is 55.6 Å². The molecule has 5 heteroatoms. The lowest BCUT2D eigenvalue weighted by Gasteiger charge is -2.38. The minimum Gasteiger partial charge on any atom is -0.347 e. The van der Waals surface area contributed by atoms with Crippen LogP contribution in [0.3, 0.4) is 0 Å². The van der Waals surface area contributed by atoms with Gasteiger partial charge in [0.05, 0.1) is 11.4 Å². The number of hydrogen-bond donors (Lipinski definition) is 0. The average molecular weight is 477 g/mol. The predicted molar refractivity (Wildman–Crippen MR) is 140 cm³/mol. The molecule has 1 atom stereocenters. The molecule has 1 unspecified atom stereocenters. The summed E-state index contributed by atoms with van der Waals surface area (Å²) in [5, 5.41) is 0.714. The lowest BCUT2D eigenvalue weighted by atomic mass is 9.84. The molecule has 0 N–H and O–H groups in total. The van der Waals surface area contributed by atoms with Gasteiger partial charge in [-0.25, -0.2) is 0 Å². The number of pyridine rings is 1. The van der Waals surface area contributed by atoms with Crippen molar-refractivity contribution in [2.75, 3.05) is 6.54 Å². The standard InChI is InChI=1S/C31H28N2O3/c1-19-26(31(36)24-13-7-8-14-27(24)32(19)2)18-33-16-15-20-9-3-4-10-21(20)28(33)17-25-29(34)22-11-5-6-12-23(22)30(25)35/h3-14,25,28H,15-18H2,1-2H3. The number of aryl methyl sites for hydroxylation is 1. The molecule has 0 radical (unpaired) electrons. The molecule has 2 heterocycles. The largest absolute Gasteiger partial charge is 0.347 e. The predicted octanol–water partition coefficient (Wildman–Crippen LogP) is 5.03. The Hall–Kier alpha value is -3.83. The lowest BCUT2D eigenvalue weighted by Crippen LogP contribution is -2.39. The fraction of sp³-hybridized carbons (Fsp3) is 0.258. The Morgan fingerprint density at radius 3 is 2.22 bits per heavy atom. The molecule has 3 aromatic carbocycles. The molecule has 5 nitrogen and oxygen atoms in total. The highest BCUT2D eigenvalue weighted by Gasteiger charge is 2.41. The number of nitrogens with zero attached hydrogens (tertiary/aromatic N) is 2. The number of para-hydroxylation sites is 1. The first-order valence-electron chi connectivity index (χ1n) is 12.5. The van der Waals surface area contributed by atoms with Crippen molar-refractivity contribution < 1.29 is 9.59 Å². The Balaban J connectivity index is 1.40. The van der Waals surface area contributed by atoms with Crippen LogP contribution < -0.4 is 5.43 Å². The zero-order valence-corrected chi connectivity index (χ0v) is 20.5. The Kier molecular flexibility index (Phi) is 5.45. The molecule has 1 aromatic heterocycles. The normalized spacial score (nSPS) is 18.0. The number of hydrogen-bond acceptors (Lipinski definition) is 4. The SMILES string of the molecule is Cc1c(CN2CCc3ccccc3C2CC2C(=O)c3ccccc3C2=O)c(=O)c2ccccc2n1C. The van der Waals surface area contributed by atoms with Crippen LogP contribution in [0, 0.1) is 12.8 Å². The van der Waals surface area contributed by atoms with Crippen LogP contribution >= 0.6 is 0 Å². The molecule has 6 rings (SSSR count). The van der Waals surface area contributed by atoms with Gasteiger partial charge in [-0.1, -0.05) is 60.7 Å². The van der Waals surface area contributed by atoms with Gasteiger partial charge in [0.25, 0.3) is 0 Å². The molecule has 0 amide bonds. The molecule has 1 aliphatic carbocycles. The number of Topliss-reactive ketones (excluding diaryl/α,β-unsaturated/α-hetero) is 2.